The Morgan fingerprint density at radius 3 is 2.30 bits per heavy atom. The number of amides is 1. The first-order valence-corrected chi connectivity index (χ1v) is 6.49. The molecule has 106 valence electrons. The minimum atomic E-state index is -0.607. The highest BCUT2D eigenvalue weighted by atomic mass is 16.1. The Labute approximate surface area is 118 Å². The molecule has 0 saturated heterocycles. The lowest BCUT2D eigenvalue weighted by molar-refractivity contribution is 0.0995. The number of anilines is 1. The van der Waals surface area contributed by atoms with E-state index in [2.05, 4.69) is 50.1 Å². The van der Waals surface area contributed by atoms with E-state index >= 15 is 0 Å². The summed E-state index contributed by atoms with van der Waals surface area (Å²) in [5, 5.41) is 4.09. The van der Waals surface area contributed by atoms with Crippen molar-refractivity contribution in [1.29, 1.82) is 0 Å². The van der Waals surface area contributed by atoms with Crippen molar-refractivity contribution in [2.24, 2.45) is 5.73 Å². The molecule has 1 aromatic heterocycles. The van der Waals surface area contributed by atoms with Crippen molar-refractivity contribution < 1.29 is 4.79 Å². The van der Waals surface area contributed by atoms with E-state index in [1.54, 1.807) is 10.9 Å². The molecule has 5 heteroatoms. The number of carbonyl (C=O) groups excluding carboxylic acids is 1. The van der Waals surface area contributed by atoms with Crippen LogP contribution in [0.2, 0.25) is 0 Å². The van der Waals surface area contributed by atoms with E-state index in [9.17, 15) is 4.79 Å². The van der Waals surface area contributed by atoms with E-state index in [1.807, 2.05) is 0 Å². The maximum atomic E-state index is 11.1. The van der Waals surface area contributed by atoms with Crippen molar-refractivity contribution in [2.45, 2.75) is 32.7 Å². The minimum Gasteiger partial charge on any atom is -0.396 e. The molecule has 2 rings (SSSR count). The summed E-state index contributed by atoms with van der Waals surface area (Å²) >= 11 is 0. The summed E-state index contributed by atoms with van der Waals surface area (Å²) in [4.78, 5) is 11.1. The minimum absolute atomic E-state index is 0.122. The van der Waals surface area contributed by atoms with Crippen molar-refractivity contribution in [3.05, 3.63) is 47.3 Å². The molecule has 0 aliphatic heterocycles. The molecule has 1 aromatic carbocycles. The smallest absolute Gasteiger partial charge is 0.271 e. The highest BCUT2D eigenvalue weighted by molar-refractivity contribution is 5.95. The van der Waals surface area contributed by atoms with Gasteiger partial charge in [0.1, 0.15) is 0 Å². The quantitative estimate of drug-likeness (QED) is 0.894. The molecular formula is C15H20N4O. The van der Waals surface area contributed by atoms with Crippen LogP contribution in [-0.2, 0) is 12.0 Å². The Morgan fingerprint density at radius 2 is 1.85 bits per heavy atom. The number of nitrogens with zero attached hydrogens (tertiary/aromatic N) is 2. The fourth-order valence-corrected chi connectivity index (χ4v) is 2.01. The highest BCUT2D eigenvalue weighted by Crippen LogP contribution is 2.22. The third-order valence-corrected chi connectivity index (χ3v) is 3.19. The summed E-state index contributed by atoms with van der Waals surface area (Å²) in [6.45, 7) is 7.09. The van der Waals surface area contributed by atoms with Crippen LogP contribution in [0.25, 0.3) is 0 Å². The highest BCUT2D eigenvalue weighted by Gasteiger charge is 2.14. The maximum Gasteiger partial charge on any atom is 0.271 e. The summed E-state index contributed by atoms with van der Waals surface area (Å²) in [6, 6.07) is 8.33. The zero-order valence-corrected chi connectivity index (χ0v) is 12.1. The van der Waals surface area contributed by atoms with Gasteiger partial charge in [-0.1, -0.05) is 45.0 Å². The molecule has 0 radical (unpaired) electrons. The van der Waals surface area contributed by atoms with E-state index in [-0.39, 0.29) is 11.1 Å². The average Bonchev–Trinajstić information content (AvgIpc) is 2.70. The summed E-state index contributed by atoms with van der Waals surface area (Å²) in [7, 11) is 0. The van der Waals surface area contributed by atoms with E-state index in [4.69, 9.17) is 11.5 Å². The van der Waals surface area contributed by atoms with Crippen LogP contribution in [0, 0.1) is 0 Å². The molecule has 20 heavy (non-hydrogen) atoms. The molecule has 0 atom stereocenters. The van der Waals surface area contributed by atoms with Crippen LogP contribution in [0.3, 0.4) is 0 Å². The lowest BCUT2D eigenvalue weighted by Gasteiger charge is -2.19. The number of nitrogens with two attached hydrogens (primary N) is 2. The van der Waals surface area contributed by atoms with Gasteiger partial charge in [-0.2, -0.15) is 5.10 Å². The number of primary amides is 1. The zero-order valence-electron chi connectivity index (χ0n) is 12.1. The molecule has 0 aliphatic carbocycles. The van der Waals surface area contributed by atoms with Gasteiger partial charge < -0.3 is 11.5 Å². The van der Waals surface area contributed by atoms with Crippen LogP contribution in [0.1, 0.15) is 42.4 Å². The van der Waals surface area contributed by atoms with Crippen LogP contribution >= 0.6 is 0 Å². The van der Waals surface area contributed by atoms with Gasteiger partial charge >= 0.3 is 0 Å². The predicted molar refractivity (Wildman–Crippen MR) is 79.4 cm³/mol. The standard InChI is InChI=1S/C15H20N4O/c1-15(2,3)11-6-4-10(5-7-11)8-19-9-12(16)13(18-19)14(17)20/h4-7,9H,8,16H2,1-3H3,(H2,17,20). The van der Waals surface area contributed by atoms with Crippen LogP contribution < -0.4 is 11.5 Å². The van der Waals surface area contributed by atoms with Crippen LogP contribution in [0.5, 0.6) is 0 Å². The summed E-state index contributed by atoms with van der Waals surface area (Å²) in [6.07, 6.45) is 1.62. The molecule has 0 aliphatic rings. The molecule has 1 amide bonds. The molecule has 0 fully saturated rings. The van der Waals surface area contributed by atoms with E-state index < -0.39 is 5.91 Å². The molecule has 2 aromatic rings. The van der Waals surface area contributed by atoms with Gasteiger partial charge in [-0.3, -0.25) is 9.48 Å². The van der Waals surface area contributed by atoms with Gasteiger partial charge in [0.25, 0.3) is 5.91 Å². The Balaban J connectivity index is 2.18. The predicted octanol–water partition coefficient (Wildman–Crippen LogP) is 1.91. The molecule has 1 heterocycles. The van der Waals surface area contributed by atoms with E-state index in [1.165, 1.54) is 5.56 Å². The fraction of sp³-hybridized carbons (Fsp3) is 0.333. The molecule has 0 spiro atoms. The molecule has 0 saturated carbocycles. The summed E-state index contributed by atoms with van der Waals surface area (Å²) in [5.41, 5.74) is 13.8. The Morgan fingerprint density at radius 1 is 1.25 bits per heavy atom. The van der Waals surface area contributed by atoms with Gasteiger partial charge in [-0.05, 0) is 16.5 Å². The first kappa shape index (κ1) is 14.1. The number of rotatable bonds is 3. The number of aromatic nitrogens is 2. The van der Waals surface area contributed by atoms with Crippen molar-refractivity contribution >= 4 is 11.6 Å². The Kier molecular flexibility index (Phi) is 3.53. The van der Waals surface area contributed by atoms with Crippen molar-refractivity contribution in [3.63, 3.8) is 0 Å². The van der Waals surface area contributed by atoms with E-state index in [0.717, 1.165) is 5.56 Å². The first-order chi connectivity index (χ1) is 9.27. The molecule has 5 nitrogen and oxygen atoms in total. The van der Waals surface area contributed by atoms with Gasteiger partial charge in [0, 0.05) is 6.20 Å². The first-order valence-electron chi connectivity index (χ1n) is 6.49. The van der Waals surface area contributed by atoms with Gasteiger partial charge in [0.05, 0.1) is 12.2 Å². The topological polar surface area (TPSA) is 86.9 Å². The Bertz CT molecular complexity index is 620. The van der Waals surface area contributed by atoms with Gasteiger partial charge in [0.15, 0.2) is 5.69 Å². The van der Waals surface area contributed by atoms with Crippen molar-refractivity contribution in [1.82, 2.24) is 9.78 Å². The second-order valence-corrected chi connectivity index (χ2v) is 5.94. The largest absolute Gasteiger partial charge is 0.396 e. The number of hydrogen-bond acceptors (Lipinski definition) is 3. The van der Waals surface area contributed by atoms with Crippen molar-refractivity contribution in [2.75, 3.05) is 5.73 Å². The Hall–Kier alpha value is -2.30. The van der Waals surface area contributed by atoms with E-state index in [0.29, 0.717) is 12.2 Å². The molecule has 4 N–H and O–H groups in total. The third kappa shape index (κ3) is 2.99. The lowest BCUT2D eigenvalue weighted by atomic mass is 9.87. The van der Waals surface area contributed by atoms with Gasteiger partial charge in [-0.25, -0.2) is 0 Å². The second-order valence-electron chi connectivity index (χ2n) is 5.94. The van der Waals surface area contributed by atoms with Crippen molar-refractivity contribution in [3.8, 4) is 0 Å². The monoisotopic (exact) mass is 272 g/mol. The maximum absolute atomic E-state index is 11.1. The number of carbonyl (C=O) groups is 1. The van der Waals surface area contributed by atoms with Gasteiger partial charge in [-0.15, -0.1) is 0 Å². The average molecular weight is 272 g/mol. The zero-order chi connectivity index (χ0) is 14.9. The normalized spacial score (nSPS) is 11.6. The number of benzene rings is 1. The summed E-state index contributed by atoms with van der Waals surface area (Å²) < 4.78 is 1.63. The van der Waals surface area contributed by atoms with Crippen LogP contribution in [0.4, 0.5) is 5.69 Å². The summed E-state index contributed by atoms with van der Waals surface area (Å²) in [5.74, 6) is -0.607. The van der Waals surface area contributed by atoms with Crippen LogP contribution in [-0.4, -0.2) is 15.7 Å². The number of nitrogen functional groups attached to an aromatic ring is 1. The lowest BCUT2D eigenvalue weighted by Crippen LogP contribution is -2.14. The third-order valence-electron chi connectivity index (χ3n) is 3.19. The molecule has 0 bridgehead atoms. The van der Waals surface area contributed by atoms with Crippen LogP contribution in [0.15, 0.2) is 30.5 Å². The number of hydrogen-bond donors (Lipinski definition) is 2. The second kappa shape index (κ2) is 5.00. The molecule has 0 unspecified atom stereocenters. The SMILES string of the molecule is CC(C)(C)c1ccc(Cn2cc(N)c(C(N)=O)n2)cc1. The molecular weight excluding hydrogens is 252 g/mol. The fourth-order valence-electron chi connectivity index (χ4n) is 2.01. The van der Waals surface area contributed by atoms with Gasteiger partial charge in [0.2, 0.25) is 0 Å².